The summed E-state index contributed by atoms with van der Waals surface area (Å²) in [6.07, 6.45) is 0.749. The lowest BCUT2D eigenvalue weighted by atomic mass is 10.0. The van der Waals surface area contributed by atoms with Crippen LogP contribution in [0.4, 0.5) is 11.4 Å². The Labute approximate surface area is 182 Å². The lowest BCUT2D eigenvalue weighted by Gasteiger charge is -2.37. The number of rotatable bonds is 7. The van der Waals surface area contributed by atoms with Crippen LogP contribution in [0.3, 0.4) is 0 Å². The number of carbonyl (C=O) groups excluding carboxylic acids is 2. The van der Waals surface area contributed by atoms with Crippen molar-refractivity contribution >= 4 is 23.3 Å². The molecular weight excluding hydrogens is 394 g/mol. The average Bonchev–Trinajstić information content (AvgIpc) is 2.78. The number of carbonyl (C=O) groups is 2. The number of esters is 1. The van der Waals surface area contributed by atoms with Crippen LogP contribution in [-0.2, 0) is 20.7 Å². The quantitative estimate of drug-likeness (QED) is 0.691. The van der Waals surface area contributed by atoms with Gasteiger partial charge in [-0.15, -0.1) is 0 Å². The van der Waals surface area contributed by atoms with Gasteiger partial charge in [0, 0.05) is 63.0 Å². The van der Waals surface area contributed by atoms with Gasteiger partial charge in [0.15, 0.2) is 0 Å². The number of amides is 1. The van der Waals surface area contributed by atoms with Gasteiger partial charge in [-0.1, -0.05) is 24.3 Å². The van der Waals surface area contributed by atoms with Crippen LogP contribution >= 0.6 is 0 Å². The highest BCUT2D eigenvalue weighted by Gasteiger charge is 2.24. The maximum Gasteiger partial charge on any atom is 0.303 e. The Kier molecular flexibility index (Phi) is 6.72. The number of fused-ring (bicyclic) bond motifs is 1. The maximum absolute atomic E-state index is 11.7. The number of nitrogens with zero attached hydrogens (tertiary/aromatic N) is 2. The number of anilines is 2. The van der Waals surface area contributed by atoms with Gasteiger partial charge in [0.25, 0.3) is 0 Å². The molecule has 1 fully saturated rings. The molecule has 0 spiro atoms. The summed E-state index contributed by atoms with van der Waals surface area (Å²) >= 11 is 0. The Bertz CT molecular complexity index is 910. The van der Waals surface area contributed by atoms with Crippen LogP contribution in [0.2, 0.25) is 0 Å². The van der Waals surface area contributed by atoms with Gasteiger partial charge in [-0.3, -0.25) is 14.5 Å². The first-order valence-electron chi connectivity index (χ1n) is 10.8. The molecule has 0 saturated carbocycles. The molecule has 1 unspecified atom stereocenters. The summed E-state index contributed by atoms with van der Waals surface area (Å²) in [4.78, 5) is 28.0. The summed E-state index contributed by atoms with van der Waals surface area (Å²) in [5.74, 6) is 0.458. The van der Waals surface area contributed by atoms with Gasteiger partial charge < -0.3 is 19.7 Å². The van der Waals surface area contributed by atoms with Crippen molar-refractivity contribution in [3.63, 3.8) is 0 Å². The van der Waals surface area contributed by atoms with Crippen molar-refractivity contribution in [1.82, 2.24) is 4.90 Å². The third-order valence-corrected chi connectivity index (χ3v) is 5.72. The molecule has 0 aromatic heterocycles. The van der Waals surface area contributed by atoms with Gasteiger partial charge in [0.05, 0.1) is 0 Å². The highest BCUT2D eigenvalue weighted by Crippen LogP contribution is 2.31. The third-order valence-electron chi connectivity index (χ3n) is 5.72. The van der Waals surface area contributed by atoms with E-state index in [1.54, 1.807) is 0 Å². The molecule has 2 aliphatic rings. The van der Waals surface area contributed by atoms with Crippen LogP contribution in [0.25, 0.3) is 0 Å². The minimum Gasteiger partial charge on any atom is -0.489 e. The van der Waals surface area contributed by atoms with Crippen LogP contribution in [0.1, 0.15) is 18.9 Å². The van der Waals surface area contributed by atoms with Crippen molar-refractivity contribution in [1.29, 1.82) is 0 Å². The average molecular weight is 424 g/mol. The number of hydrogen-bond acceptors (Lipinski definition) is 6. The van der Waals surface area contributed by atoms with E-state index in [-0.39, 0.29) is 24.6 Å². The van der Waals surface area contributed by atoms with Crippen LogP contribution in [0, 0.1) is 0 Å². The zero-order chi connectivity index (χ0) is 21.6. The molecule has 4 rings (SSSR count). The monoisotopic (exact) mass is 423 g/mol. The first-order chi connectivity index (χ1) is 15.1. The Morgan fingerprint density at radius 2 is 1.81 bits per heavy atom. The van der Waals surface area contributed by atoms with Crippen molar-refractivity contribution in [3.8, 4) is 5.75 Å². The van der Waals surface area contributed by atoms with E-state index in [1.807, 2.05) is 24.3 Å². The van der Waals surface area contributed by atoms with Crippen molar-refractivity contribution < 1.29 is 19.1 Å². The Hall–Kier alpha value is -3.06. The van der Waals surface area contributed by atoms with Crippen molar-refractivity contribution in [2.75, 3.05) is 49.5 Å². The minimum atomic E-state index is -0.352. The van der Waals surface area contributed by atoms with E-state index >= 15 is 0 Å². The lowest BCUT2D eigenvalue weighted by molar-refractivity contribution is -0.149. The summed E-state index contributed by atoms with van der Waals surface area (Å²) in [6, 6.07) is 16.1. The number of benzene rings is 2. The molecule has 31 heavy (non-hydrogen) atoms. The predicted octanol–water partition coefficient (Wildman–Crippen LogP) is 2.70. The number of para-hydroxylation sites is 1. The van der Waals surface area contributed by atoms with Crippen molar-refractivity contribution in [2.45, 2.75) is 25.9 Å². The number of hydrogen-bond donors (Lipinski definition) is 1. The molecular formula is C24H29N3O4. The maximum atomic E-state index is 11.7. The molecule has 2 aliphatic heterocycles. The van der Waals surface area contributed by atoms with Gasteiger partial charge in [-0.25, -0.2) is 0 Å². The van der Waals surface area contributed by atoms with E-state index in [0.717, 1.165) is 43.2 Å². The second-order valence-corrected chi connectivity index (χ2v) is 8.00. The Morgan fingerprint density at radius 3 is 2.55 bits per heavy atom. The fraction of sp³-hybridized carbons (Fsp3) is 0.417. The lowest BCUT2D eigenvalue weighted by Crippen LogP contribution is -2.50. The van der Waals surface area contributed by atoms with Gasteiger partial charge in [-0.05, 0) is 30.7 Å². The van der Waals surface area contributed by atoms with E-state index in [9.17, 15) is 9.59 Å². The first kappa shape index (κ1) is 21.2. The molecule has 1 amide bonds. The molecule has 2 aromatic carbocycles. The van der Waals surface area contributed by atoms with E-state index in [0.29, 0.717) is 19.4 Å². The van der Waals surface area contributed by atoms with E-state index in [1.165, 1.54) is 12.6 Å². The van der Waals surface area contributed by atoms with Gasteiger partial charge in [-0.2, -0.15) is 0 Å². The smallest absolute Gasteiger partial charge is 0.303 e. The van der Waals surface area contributed by atoms with Crippen molar-refractivity contribution in [2.24, 2.45) is 0 Å². The minimum absolute atomic E-state index is 0.0251. The third kappa shape index (κ3) is 5.55. The highest BCUT2D eigenvalue weighted by atomic mass is 16.6. The second-order valence-electron chi connectivity index (χ2n) is 8.00. The molecule has 7 nitrogen and oxygen atoms in total. The molecule has 2 heterocycles. The fourth-order valence-corrected chi connectivity index (χ4v) is 4.18. The van der Waals surface area contributed by atoms with Gasteiger partial charge in [0.1, 0.15) is 18.5 Å². The molecule has 1 saturated heterocycles. The summed E-state index contributed by atoms with van der Waals surface area (Å²) < 4.78 is 11.6. The van der Waals surface area contributed by atoms with Crippen LogP contribution in [0.15, 0.2) is 48.5 Å². The van der Waals surface area contributed by atoms with Gasteiger partial charge in [0.2, 0.25) is 5.91 Å². The predicted molar refractivity (Wildman–Crippen MR) is 120 cm³/mol. The summed E-state index contributed by atoms with van der Waals surface area (Å²) in [5.41, 5.74) is 3.04. The molecule has 7 heteroatoms. The fourth-order valence-electron chi connectivity index (χ4n) is 4.18. The molecule has 1 N–H and O–H groups in total. The SMILES string of the molecule is CC(=O)OC(COc1cccc2c1CCC(=O)N2)CN1CCN(c2ccccc2)CC1. The van der Waals surface area contributed by atoms with Crippen LogP contribution < -0.4 is 15.0 Å². The zero-order valence-electron chi connectivity index (χ0n) is 17.9. The topological polar surface area (TPSA) is 71.1 Å². The van der Waals surface area contributed by atoms with E-state index in [2.05, 4.69) is 39.4 Å². The van der Waals surface area contributed by atoms with E-state index < -0.39 is 0 Å². The molecule has 1 atom stereocenters. The Morgan fingerprint density at radius 1 is 1.03 bits per heavy atom. The molecule has 0 bridgehead atoms. The normalized spacial score (nSPS) is 17.5. The number of piperazine rings is 1. The Balaban J connectivity index is 1.34. The molecule has 0 radical (unpaired) electrons. The van der Waals surface area contributed by atoms with E-state index in [4.69, 9.17) is 9.47 Å². The molecule has 164 valence electrons. The molecule has 0 aliphatic carbocycles. The molecule has 2 aromatic rings. The van der Waals surface area contributed by atoms with Crippen molar-refractivity contribution in [3.05, 3.63) is 54.1 Å². The number of ether oxygens (including phenoxy) is 2. The largest absolute Gasteiger partial charge is 0.489 e. The standard InChI is InChI=1S/C24H29N3O4/c1-18(28)31-20(16-26-12-14-27(15-13-26)19-6-3-2-4-7-19)17-30-23-9-5-8-22-21(23)10-11-24(29)25-22/h2-9,20H,10-17H2,1H3,(H,25,29). The summed E-state index contributed by atoms with van der Waals surface area (Å²) in [5, 5.41) is 2.89. The highest BCUT2D eigenvalue weighted by molar-refractivity contribution is 5.94. The zero-order valence-corrected chi connectivity index (χ0v) is 17.9. The summed E-state index contributed by atoms with van der Waals surface area (Å²) in [7, 11) is 0. The first-order valence-corrected chi connectivity index (χ1v) is 10.8. The van der Waals surface area contributed by atoms with Crippen LogP contribution in [0.5, 0.6) is 5.75 Å². The summed E-state index contributed by atoms with van der Waals surface area (Å²) in [6.45, 7) is 6.02. The van der Waals surface area contributed by atoms with Crippen LogP contribution in [-0.4, -0.2) is 62.2 Å². The number of nitrogens with one attached hydrogen (secondary N) is 1. The second kappa shape index (κ2) is 9.83. The van der Waals surface area contributed by atoms with Gasteiger partial charge >= 0.3 is 5.97 Å².